The van der Waals surface area contributed by atoms with E-state index in [1.807, 2.05) is 0 Å². The molecule has 1 atom stereocenters. The molecule has 160 valence electrons. The van der Waals surface area contributed by atoms with E-state index >= 15 is 0 Å². The van der Waals surface area contributed by atoms with Gasteiger partial charge in [0.05, 0.1) is 0 Å². The highest BCUT2D eigenvalue weighted by Gasteiger charge is 2.48. The Bertz CT molecular complexity index is 1700. The minimum atomic E-state index is -2.43. The lowest BCUT2D eigenvalue weighted by Crippen LogP contribution is -2.72. The lowest BCUT2D eigenvalue weighted by Gasteiger charge is -2.31. The Balaban J connectivity index is 1.67. The molecule has 7 rings (SSSR count). The molecule has 1 aliphatic rings. The molecular formula is C33H24Si. The molecule has 0 aromatic heterocycles. The van der Waals surface area contributed by atoms with Gasteiger partial charge in [-0.15, -0.1) is 0 Å². The highest BCUT2D eigenvalue weighted by Crippen LogP contribution is 2.34. The molecule has 0 aliphatic carbocycles. The Morgan fingerprint density at radius 2 is 1.12 bits per heavy atom. The van der Waals surface area contributed by atoms with Crippen molar-refractivity contribution in [2.24, 2.45) is 0 Å². The molecule has 0 saturated carbocycles. The minimum absolute atomic E-state index is 1.30. The SMILES string of the molecule is Cc1ccc([Si]2(c3ccccc3)c3ccccc3-c3cc4c(ccc5ccccc54)cc32)cc1. The second-order valence-corrected chi connectivity index (χ2v) is 13.2. The predicted octanol–water partition coefficient (Wildman–Crippen LogP) is 5.66. The number of aryl methyl sites for hydroxylation is 1. The first-order chi connectivity index (χ1) is 16.8. The zero-order chi connectivity index (χ0) is 22.7. The summed E-state index contributed by atoms with van der Waals surface area (Å²) in [6, 6.07) is 48.0. The van der Waals surface area contributed by atoms with Crippen LogP contribution >= 0.6 is 0 Å². The summed E-state index contributed by atoms with van der Waals surface area (Å²) >= 11 is 0. The van der Waals surface area contributed by atoms with Crippen LogP contribution in [0.25, 0.3) is 32.7 Å². The first kappa shape index (κ1) is 19.5. The molecule has 1 heterocycles. The van der Waals surface area contributed by atoms with E-state index < -0.39 is 8.07 Å². The maximum absolute atomic E-state index is 2.51. The summed E-state index contributed by atoms with van der Waals surface area (Å²) in [6.45, 7) is 2.18. The average Bonchev–Trinajstić information content (AvgIpc) is 3.19. The second kappa shape index (κ2) is 7.28. The maximum atomic E-state index is 2.51. The van der Waals surface area contributed by atoms with Crippen molar-refractivity contribution in [3.8, 4) is 11.1 Å². The molecule has 0 amide bonds. The van der Waals surface area contributed by atoms with Crippen molar-refractivity contribution in [3.63, 3.8) is 0 Å². The average molecular weight is 449 g/mol. The van der Waals surface area contributed by atoms with Gasteiger partial charge in [0.2, 0.25) is 0 Å². The van der Waals surface area contributed by atoms with Crippen LogP contribution in [0.1, 0.15) is 5.56 Å². The smallest absolute Gasteiger partial charge is 0.0623 e. The van der Waals surface area contributed by atoms with Crippen LogP contribution in [0.2, 0.25) is 0 Å². The fourth-order valence-electron chi connectivity index (χ4n) is 6.06. The quantitative estimate of drug-likeness (QED) is 0.236. The molecule has 6 aromatic carbocycles. The summed E-state index contributed by atoms with van der Waals surface area (Å²) in [5.41, 5.74) is 4.09. The first-order valence-corrected chi connectivity index (χ1v) is 14.0. The zero-order valence-electron chi connectivity index (χ0n) is 19.1. The molecule has 0 bridgehead atoms. The fourth-order valence-corrected chi connectivity index (χ4v) is 11.2. The van der Waals surface area contributed by atoms with Gasteiger partial charge in [-0.2, -0.15) is 0 Å². The van der Waals surface area contributed by atoms with Crippen molar-refractivity contribution < 1.29 is 0 Å². The van der Waals surface area contributed by atoms with Gasteiger partial charge in [0.15, 0.2) is 8.07 Å². The first-order valence-electron chi connectivity index (χ1n) is 12.0. The third kappa shape index (κ3) is 2.59. The van der Waals surface area contributed by atoms with Crippen LogP contribution in [0.5, 0.6) is 0 Å². The normalized spacial score (nSPS) is 16.5. The number of benzene rings is 6. The van der Waals surface area contributed by atoms with Gasteiger partial charge in [-0.25, -0.2) is 0 Å². The van der Waals surface area contributed by atoms with Gasteiger partial charge >= 0.3 is 0 Å². The number of fused-ring (bicyclic) bond motifs is 6. The Morgan fingerprint density at radius 3 is 1.97 bits per heavy atom. The van der Waals surface area contributed by atoms with Crippen molar-refractivity contribution in [2.75, 3.05) is 0 Å². The van der Waals surface area contributed by atoms with E-state index in [1.165, 1.54) is 59.0 Å². The monoisotopic (exact) mass is 448 g/mol. The Kier molecular flexibility index (Phi) is 4.18. The summed E-state index contributed by atoms with van der Waals surface area (Å²) in [7, 11) is -2.43. The summed E-state index contributed by atoms with van der Waals surface area (Å²) in [4.78, 5) is 0. The van der Waals surface area contributed by atoms with Crippen LogP contribution in [0.15, 0.2) is 127 Å². The summed E-state index contributed by atoms with van der Waals surface area (Å²) in [5, 5.41) is 11.2. The van der Waals surface area contributed by atoms with Gasteiger partial charge in [-0.1, -0.05) is 127 Å². The third-order valence-corrected chi connectivity index (χ3v) is 12.5. The molecule has 0 nitrogen and oxygen atoms in total. The molecular weight excluding hydrogens is 424 g/mol. The zero-order valence-corrected chi connectivity index (χ0v) is 20.1. The van der Waals surface area contributed by atoms with E-state index in [9.17, 15) is 0 Å². The summed E-state index contributed by atoms with van der Waals surface area (Å²) < 4.78 is 0. The molecule has 0 fully saturated rings. The lowest BCUT2D eigenvalue weighted by atomic mass is 9.97. The molecule has 6 aromatic rings. The van der Waals surface area contributed by atoms with Gasteiger partial charge in [0.1, 0.15) is 0 Å². The highest BCUT2D eigenvalue weighted by molar-refractivity contribution is 7.22. The molecule has 34 heavy (non-hydrogen) atoms. The largest absolute Gasteiger partial charge is 0.180 e. The summed E-state index contributed by atoms with van der Waals surface area (Å²) in [6.07, 6.45) is 0. The molecule has 0 spiro atoms. The van der Waals surface area contributed by atoms with E-state index in [4.69, 9.17) is 0 Å². The van der Waals surface area contributed by atoms with Crippen LogP contribution < -0.4 is 20.7 Å². The van der Waals surface area contributed by atoms with E-state index in [0.29, 0.717) is 0 Å². The standard InChI is InChI=1S/C33H24Si/c1-23-15-19-27(20-16-23)34(26-10-3-2-4-11-26)32-14-8-7-13-29(32)31-22-30-25(21-33(31)34)18-17-24-9-5-6-12-28(24)30/h2-22H,1H3. The van der Waals surface area contributed by atoms with Crippen molar-refractivity contribution in [1.29, 1.82) is 0 Å². The molecule has 1 heteroatoms. The number of hydrogen-bond donors (Lipinski definition) is 0. The van der Waals surface area contributed by atoms with Crippen molar-refractivity contribution in [1.82, 2.24) is 0 Å². The van der Waals surface area contributed by atoms with Crippen molar-refractivity contribution in [3.05, 3.63) is 133 Å². The van der Waals surface area contributed by atoms with Gasteiger partial charge < -0.3 is 0 Å². The molecule has 0 N–H and O–H groups in total. The molecule has 1 aliphatic heterocycles. The van der Waals surface area contributed by atoms with Crippen LogP contribution in [-0.2, 0) is 0 Å². The number of rotatable bonds is 2. The molecule has 0 saturated heterocycles. The minimum Gasteiger partial charge on any atom is -0.0623 e. The van der Waals surface area contributed by atoms with Gasteiger partial charge in [0, 0.05) is 0 Å². The van der Waals surface area contributed by atoms with Crippen LogP contribution in [0.3, 0.4) is 0 Å². The van der Waals surface area contributed by atoms with Gasteiger partial charge in [-0.05, 0) is 66.4 Å². The third-order valence-electron chi connectivity index (χ3n) is 7.60. The van der Waals surface area contributed by atoms with E-state index in [1.54, 1.807) is 0 Å². The highest BCUT2D eigenvalue weighted by atomic mass is 28.3. The predicted molar refractivity (Wildman–Crippen MR) is 149 cm³/mol. The van der Waals surface area contributed by atoms with Crippen LogP contribution in [0.4, 0.5) is 0 Å². The van der Waals surface area contributed by atoms with Crippen molar-refractivity contribution in [2.45, 2.75) is 6.92 Å². The van der Waals surface area contributed by atoms with E-state index in [2.05, 4.69) is 134 Å². The van der Waals surface area contributed by atoms with Crippen molar-refractivity contribution >= 4 is 50.4 Å². The topological polar surface area (TPSA) is 0 Å². The summed E-state index contributed by atoms with van der Waals surface area (Å²) in [5.74, 6) is 0. The molecule has 0 radical (unpaired) electrons. The second-order valence-electron chi connectivity index (χ2n) is 9.43. The van der Waals surface area contributed by atoms with Crippen LogP contribution in [0, 0.1) is 6.92 Å². The lowest BCUT2D eigenvalue weighted by molar-refractivity contribution is 1.49. The molecule has 1 unspecified atom stereocenters. The maximum Gasteiger partial charge on any atom is 0.180 e. The van der Waals surface area contributed by atoms with E-state index in [0.717, 1.165) is 0 Å². The Hall–Kier alpha value is -3.94. The van der Waals surface area contributed by atoms with Crippen LogP contribution in [-0.4, -0.2) is 8.07 Å². The van der Waals surface area contributed by atoms with E-state index in [-0.39, 0.29) is 0 Å². The number of hydrogen-bond acceptors (Lipinski definition) is 0. The fraction of sp³-hybridized carbons (Fsp3) is 0.0303. The Labute approximate surface area is 201 Å². The van der Waals surface area contributed by atoms with Gasteiger partial charge in [0.25, 0.3) is 0 Å². The van der Waals surface area contributed by atoms with Gasteiger partial charge in [-0.3, -0.25) is 0 Å². The Morgan fingerprint density at radius 1 is 0.441 bits per heavy atom.